The van der Waals surface area contributed by atoms with E-state index < -0.39 is 0 Å². The summed E-state index contributed by atoms with van der Waals surface area (Å²) in [5, 5.41) is 0. The van der Waals surface area contributed by atoms with Crippen molar-refractivity contribution >= 4 is 6.29 Å². The Kier molecular flexibility index (Phi) is 7.81. The van der Waals surface area contributed by atoms with Crippen molar-refractivity contribution in [3.05, 3.63) is 29.3 Å². The quantitative estimate of drug-likeness (QED) is 0.477. The molecule has 0 radical (unpaired) electrons. The predicted octanol–water partition coefficient (Wildman–Crippen LogP) is 1.69. The SMILES string of the molecule is COCCOCCOCc1cc(C=O)ccc1OC. The van der Waals surface area contributed by atoms with Crippen molar-refractivity contribution in [2.75, 3.05) is 40.6 Å². The zero-order valence-corrected chi connectivity index (χ0v) is 11.4. The fourth-order valence-corrected chi connectivity index (χ4v) is 1.53. The first-order chi connectivity index (χ1) is 9.31. The zero-order valence-electron chi connectivity index (χ0n) is 11.4. The van der Waals surface area contributed by atoms with Crippen LogP contribution in [-0.4, -0.2) is 46.9 Å². The molecule has 0 atom stereocenters. The van der Waals surface area contributed by atoms with E-state index in [-0.39, 0.29) is 0 Å². The minimum Gasteiger partial charge on any atom is -0.496 e. The number of carbonyl (C=O) groups excluding carboxylic acids is 1. The van der Waals surface area contributed by atoms with Crippen LogP contribution >= 0.6 is 0 Å². The van der Waals surface area contributed by atoms with Crippen LogP contribution in [0.1, 0.15) is 15.9 Å². The van der Waals surface area contributed by atoms with Crippen LogP contribution in [0.4, 0.5) is 0 Å². The van der Waals surface area contributed by atoms with E-state index in [1.54, 1.807) is 32.4 Å². The molecule has 0 aromatic heterocycles. The van der Waals surface area contributed by atoms with Gasteiger partial charge in [0.25, 0.3) is 0 Å². The molecule has 0 unspecified atom stereocenters. The Morgan fingerprint density at radius 2 is 1.79 bits per heavy atom. The minimum atomic E-state index is 0.387. The molecule has 1 aromatic carbocycles. The first kappa shape index (κ1) is 15.6. The maximum Gasteiger partial charge on any atom is 0.150 e. The van der Waals surface area contributed by atoms with E-state index >= 15 is 0 Å². The lowest BCUT2D eigenvalue weighted by Crippen LogP contribution is -2.08. The monoisotopic (exact) mass is 268 g/mol. The average molecular weight is 268 g/mol. The van der Waals surface area contributed by atoms with E-state index in [1.165, 1.54) is 0 Å². The largest absolute Gasteiger partial charge is 0.496 e. The van der Waals surface area contributed by atoms with Gasteiger partial charge in [0.15, 0.2) is 0 Å². The van der Waals surface area contributed by atoms with Crippen molar-refractivity contribution in [2.24, 2.45) is 0 Å². The van der Waals surface area contributed by atoms with Gasteiger partial charge in [0, 0.05) is 18.2 Å². The van der Waals surface area contributed by atoms with Crippen molar-refractivity contribution in [1.29, 1.82) is 0 Å². The maximum absolute atomic E-state index is 10.7. The van der Waals surface area contributed by atoms with Crippen LogP contribution < -0.4 is 4.74 Å². The number of ether oxygens (including phenoxy) is 4. The molecule has 19 heavy (non-hydrogen) atoms. The summed E-state index contributed by atoms with van der Waals surface area (Å²) >= 11 is 0. The van der Waals surface area contributed by atoms with Gasteiger partial charge in [0.05, 0.1) is 40.1 Å². The van der Waals surface area contributed by atoms with Gasteiger partial charge in [-0.2, -0.15) is 0 Å². The maximum atomic E-state index is 10.7. The van der Waals surface area contributed by atoms with Crippen LogP contribution in [0, 0.1) is 0 Å². The van der Waals surface area contributed by atoms with Crippen LogP contribution in [0.25, 0.3) is 0 Å². The standard InChI is InChI=1S/C14H20O5/c1-16-5-6-18-7-8-19-11-13-9-12(10-15)3-4-14(13)17-2/h3-4,9-10H,5-8,11H2,1-2H3. The molecule has 5 nitrogen and oxygen atoms in total. The molecular formula is C14H20O5. The molecule has 106 valence electrons. The summed E-state index contributed by atoms with van der Waals surface area (Å²) in [7, 11) is 3.22. The zero-order chi connectivity index (χ0) is 13.9. The Hall–Kier alpha value is -1.43. The van der Waals surface area contributed by atoms with E-state index in [2.05, 4.69) is 0 Å². The number of benzene rings is 1. The van der Waals surface area contributed by atoms with Crippen LogP contribution in [-0.2, 0) is 20.8 Å². The highest BCUT2D eigenvalue weighted by Gasteiger charge is 2.04. The summed E-state index contributed by atoms with van der Waals surface area (Å²) in [6.07, 6.45) is 0.802. The molecule has 0 N–H and O–H groups in total. The highest BCUT2D eigenvalue weighted by atomic mass is 16.5. The second-order valence-electron chi connectivity index (χ2n) is 3.85. The molecule has 0 aliphatic heterocycles. The third kappa shape index (κ3) is 5.83. The summed E-state index contributed by atoms with van der Waals surface area (Å²) in [6, 6.07) is 5.23. The summed E-state index contributed by atoms with van der Waals surface area (Å²) in [5.41, 5.74) is 1.46. The smallest absolute Gasteiger partial charge is 0.150 e. The topological polar surface area (TPSA) is 54.0 Å². The molecule has 5 heteroatoms. The Labute approximate surface area is 113 Å². The number of hydrogen-bond acceptors (Lipinski definition) is 5. The van der Waals surface area contributed by atoms with E-state index in [9.17, 15) is 4.79 Å². The Balaban J connectivity index is 2.33. The third-order valence-electron chi connectivity index (χ3n) is 2.50. The number of carbonyl (C=O) groups is 1. The molecule has 0 aliphatic rings. The Morgan fingerprint density at radius 3 is 2.47 bits per heavy atom. The van der Waals surface area contributed by atoms with Crippen molar-refractivity contribution in [3.8, 4) is 5.75 Å². The van der Waals surface area contributed by atoms with Gasteiger partial charge in [-0.05, 0) is 18.2 Å². The van der Waals surface area contributed by atoms with Gasteiger partial charge in [-0.3, -0.25) is 4.79 Å². The van der Waals surface area contributed by atoms with Crippen LogP contribution in [0.2, 0.25) is 0 Å². The predicted molar refractivity (Wildman–Crippen MR) is 70.7 cm³/mol. The van der Waals surface area contributed by atoms with Gasteiger partial charge in [-0.25, -0.2) is 0 Å². The molecule has 1 rings (SSSR count). The van der Waals surface area contributed by atoms with Crippen LogP contribution in [0.3, 0.4) is 0 Å². The highest BCUT2D eigenvalue weighted by Crippen LogP contribution is 2.20. The van der Waals surface area contributed by atoms with Crippen LogP contribution in [0.15, 0.2) is 18.2 Å². The molecule has 0 saturated carbocycles. The molecule has 1 aromatic rings. The first-order valence-electron chi connectivity index (χ1n) is 6.08. The lowest BCUT2D eigenvalue weighted by atomic mass is 10.1. The molecule has 0 amide bonds. The number of aldehydes is 1. The van der Waals surface area contributed by atoms with E-state index in [4.69, 9.17) is 18.9 Å². The van der Waals surface area contributed by atoms with Gasteiger partial charge in [-0.15, -0.1) is 0 Å². The first-order valence-corrected chi connectivity index (χ1v) is 6.08. The van der Waals surface area contributed by atoms with Gasteiger partial charge in [0.2, 0.25) is 0 Å². The fraction of sp³-hybridized carbons (Fsp3) is 0.500. The van der Waals surface area contributed by atoms with E-state index in [1.807, 2.05) is 0 Å². The number of methoxy groups -OCH3 is 2. The van der Waals surface area contributed by atoms with Crippen molar-refractivity contribution < 1.29 is 23.7 Å². The summed E-state index contributed by atoms with van der Waals surface area (Å²) in [5.74, 6) is 0.714. The average Bonchev–Trinajstić information content (AvgIpc) is 2.46. The van der Waals surface area contributed by atoms with Crippen LogP contribution in [0.5, 0.6) is 5.75 Å². The molecule has 0 bridgehead atoms. The normalized spacial score (nSPS) is 10.4. The highest BCUT2D eigenvalue weighted by molar-refractivity contribution is 5.75. The van der Waals surface area contributed by atoms with E-state index in [0.29, 0.717) is 44.3 Å². The van der Waals surface area contributed by atoms with E-state index in [0.717, 1.165) is 11.8 Å². The molecule has 0 aliphatic carbocycles. The molecule has 0 saturated heterocycles. The van der Waals surface area contributed by atoms with Gasteiger partial charge in [0.1, 0.15) is 12.0 Å². The van der Waals surface area contributed by atoms with Gasteiger partial charge < -0.3 is 18.9 Å². The molecule has 0 spiro atoms. The lowest BCUT2D eigenvalue weighted by molar-refractivity contribution is 0.0196. The molecular weight excluding hydrogens is 248 g/mol. The Bertz CT molecular complexity index is 378. The fourth-order valence-electron chi connectivity index (χ4n) is 1.53. The number of hydrogen-bond donors (Lipinski definition) is 0. The lowest BCUT2D eigenvalue weighted by Gasteiger charge is -2.10. The minimum absolute atomic E-state index is 0.387. The summed E-state index contributed by atoms with van der Waals surface area (Å²) in [4.78, 5) is 10.7. The van der Waals surface area contributed by atoms with Crippen molar-refractivity contribution in [2.45, 2.75) is 6.61 Å². The number of rotatable bonds is 10. The summed E-state index contributed by atoms with van der Waals surface area (Å²) < 4.78 is 20.8. The second kappa shape index (κ2) is 9.49. The summed E-state index contributed by atoms with van der Waals surface area (Å²) in [6.45, 7) is 2.52. The van der Waals surface area contributed by atoms with Gasteiger partial charge in [-0.1, -0.05) is 0 Å². The Morgan fingerprint density at radius 1 is 1.05 bits per heavy atom. The molecule has 0 fully saturated rings. The molecule has 0 heterocycles. The second-order valence-corrected chi connectivity index (χ2v) is 3.85. The third-order valence-corrected chi connectivity index (χ3v) is 2.50. The van der Waals surface area contributed by atoms with Crippen molar-refractivity contribution in [3.63, 3.8) is 0 Å². The van der Waals surface area contributed by atoms with Crippen molar-refractivity contribution in [1.82, 2.24) is 0 Å². The van der Waals surface area contributed by atoms with Gasteiger partial charge >= 0.3 is 0 Å².